The Kier molecular flexibility index (Phi) is 15.1. The molecule has 0 amide bonds. The molecule has 0 atom stereocenters. The second kappa shape index (κ2) is 16.6. The predicted molar refractivity (Wildman–Crippen MR) is 144 cm³/mol. The summed E-state index contributed by atoms with van der Waals surface area (Å²) in [5, 5.41) is 10.7. The average molecular weight is 445 g/mol. The maximum atomic E-state index is 10.7. The molecule has 0 saturated heterocycles. The Morgan fingerprint density at radius 1 is 0.625 bits per heavy atom. The first-order valence-electron chi connectivity index (χ1n) is 14.1. The van der Waals surface area contributed by atoms with Crippen molar-refractivity contribution in [1.82, 2.24) is 0 Å². The minimum absolute atomic E-state index is 0.00792. The quantitative estimate of drug-likeness (QED) is 0.223. The van der Waals surface area contributed by atoms with E-state index in [1.54, 1.807) is 0 Å². The molecule has 0 spiro atoms. The van der Waals surface area contributed by atoms with Crippen molar-refractivity contribution in [1.29, 1.82) is 0 Å². The molecule has 0 heterocycles. The number of aryl methyl sites for hydroxylation is 1. The molecule has 0 aliphatic carbocycles. The minimum Gasteiger partial charge on any atom is -0.507 e. The molecule has 1 nitrogen and oxygen atoms in total. The van der Waals surface area contributed by atoms with Gasteiger partial charge in [0.1, 0.15) is 5.75 Å². The van der Waals surface area contributed by atoms with Crippen molar-refractivity contribution in [2.75, 3.05) is 0 Å². The van der Waals surface area contributed by atoms with Crippen LogP contribution < -0.4 is 0 Å². The normalized spacial score (nSPS) is 11.9. The van der Waals surface area contributed by atoms with Gasteiger partial charge in [-0.25, -0.2) is 0 Å². The van der Waals surface area contributed by atoms with Gasteiger partial charge in [-0.3, -0.25) is 0 Å². The van der Waals surface area contributed by atoms with E-state index in [4.69, 9.17) is 0 Å². The van der Waals surface area contributed by atoms with E-state index in [1.807, 2.05) is 0 Å². The van der Waals surface area contributed by atoms with E-state index in [1.165, 1.54) is 120 Å². The van der Waals surface area contributed by atoms with Gasteiger partial charge < -0.3 is 5.11 Å². The highest BCUT2D eigenvalue weighted by atomic mass is 16.3. The lowest BCUT2D eigenvalue weighted by molar-refractivity contribution is 0.441. The molecule has 0 bridgehead atoms. The molecule has 0 fully saturated rings. The Labute approximate surface area is 201 Å². The third-order valence-corrected chi connectivity index (χ3v) is 7.24. The Morgan fingerprint density at radius 2 is 1.00 bits per heavy atom. The molecule has 0 saturated carbocycles. The first-order valence-corrected chi connectivity index (χ1v) is 14.1. The van der Waals surface area contributed by atoms with Crippen LogP contribution in [0.25, 0.3) is 0 Å². The topological polar surface area (TPSA) is 20.2 Å². The third kappa shape index (κ3) is 11.8. The molecule has 32 heavy (non-hydrogen) atoms. The zero-order valence-electron chi connectivity index (χ0n) is 22.8. The number of benzene rings is 1. The summed E-state index contributed by atoms with van der Waals surface area (Å²) in [6.07, 6.45) is 25.1. The van der Waals surface area contributed by atoms with Crippen molar-refractivity contribution in [3.63, 3.8) is 0 Å². The molecule has 186 valence electrons. The second-order valence-corrected chi connectivity index (χ2v) is 11.4. The van der Waals surface area contributed by atoms with Gasteiger partial charge in [0.25, 0.3) is 0 Å². The van der Waals surface area contributed by atoms with E-state index in [-0.39, 0.29) is 5.41 Å². The number of phenolic OH excluding ortho intramolecular Hbond substituents is 1. The fourth-order valence-electron chi connectivity index (χ4n) is 5.00. The number of rotatable bonds is 18. The Hall–Kier alpha value is -0.980. The van der Waals surface area contributed by atoms with Crippen LogP contribution in [0.1, 0.15) is 159 Å². The predicted octanol–water partition coefficient (Wildman–Crippen LogP) is 10.5. The Balaban J connectivity index is 2.03. The van der Waals surface area contributed by atoms with Crippen LogP contribution in [0.3, 0.4) is 0 Å². The van der Waals surface area contributed by atoms with Crippen LogP contribution in [0.4, 0.5) is 0 Å². The molecular weight excluding hydrogens is 388 g/mol. The second-order valence-electron chi connectivity index (χ2n) is 11.4. The Bertz CT molecular complexity index is 608. The summed E-state index contributed by atoms with van der Waals surface area (Å²) in [7, 11) is 0. The lowest BCUT2D eigenvalue weighted by atomic mass is 9.82. The van der Waals surface area contributed by atoms with Gasteiger partial charge in [-0.05, 0) is 54.4 Å². The van der Waals surface area contributed by atoms with Crippen LogP contribution >= 0.6 is 0 Å². The standard InChI is InChI=1S/C31H56O/c1-7-8-9-10-11-12-13-14-15-16-17-18-19-20-21-22-23-24-28-26(2)25-29(31(4,5)6)30(32)27(28)3/h25,32H,7-24H2,1-6H3. The van der Waals surface area contributed by atoms with Crippen LogP contribution in [0.15, 0.2) is 6.07 Å². The fraction of sp³-hybridized carbons (Fsp3) is 0.806. The van der Waals surface area contributed by atoms with Gasteiger partial charge in [-0.15, -0.1) is 0 Å². The average Bonchev–Trinajstić information content (AvgIpc) is 2.74. The van der Waals surface area contributed by atoms with Crippen LogP contribution in [0, 0.1) is 13.8 Å². The summed E-state index contributed by atoms with van der Waals surface area (Å²) in [5.74, 6) is 0.519. The number of unbranched alkanes of at least 4 members (excludes halogenated alkanes) is 16. The van der Waals surface area contributed by atoms with E-state index in [0.717, 1.165) is 17.5 Å². The van der Waals surface area contributed by atoms with Crippen molar-refractivity contribution in [3.8, 4) is 5.75 Å². The number of hydrogen-bond donors (Lipinski definition) is 1. The van der Waals surface area contributed by atoms with Crippen molar-refractivity contribution < 1.29 is 5.11 Å². The zero-order valence-corrected chi connectivity index (χ0v) is 22.8. The third-order valence-electron chi connectivity index (χ3n) is 7.24. The highest BCUT2D eigenvalue weighted by molar-refractivity contribution is 5.51. The highest BCUT2D eigenvalue weighted by Crippen LogP contribution is 2.36. The maximum Gasteiger partial charge on any atom is 0.122 e. The SMILES string of the molecule is CCCCCCCCCCCCCCCCCCCc1c(C)cc(C(C)(C)C)c(O)c1C. The van der Waals surface area contributed by atoms with E-state index < -0.39 is 0 Å². The number of aromatic hydroxyl groups is 1. The monoisotopic (exact) mass is 444 g/mol. The summed E-state index contributed by atoms with van der Waals surface area (Å²) >= 11 is 0. The minimum atomic E-state index is -0.00792. The molecule has 0 aromatic heterocycles. The molecule has 1 heteroatoms. The molecule has 0 radical (unpaired) electrons. The van der Waals surface area contributed by atoms with Gasteiger partial charge >= 0.3 is 0 Å². The van der Waals surface area contributed by atoms with Gasteiger partial charge in [0, 0.05) is 0 Å². The van der Waals surface area contributed by atoms with Gasteiger partial charge in [0.05, 0.1) is 0 Å². The number of hydrogen-bond acceptors (Lipinski definition) is 1. The number of phenols is 1. The first-order chi connectivity index (χ1) is 15.3. The van der Waals surface area contributed by atoms with Crippen molar-refractivity contribution in [2.45, 2.75) is 163 Å². The summed E-state index contributed by atoms with van der Waals surface area (Å²) in [6.45, 7) is 13.1. The van der Waals surface area contributed by atoms with Gasteiger partial charge in [0.15, 0.2) is 0 Å². The summed E-state index contributed by atoms with van der Waals surface area (Å²) in [6, 6.07) is 2.21. The first kappa shape index (κ1) is 29.1. The molecule has 0 unspecified atom stereocenters. The fourth-order valence-corrected chi connectivity index (χ4v) is 5.00. The lowest BCUT2D eigenvalue weighted by Crippen LogP contribution is -2.13. The molecular formula is C31H56O. The Morgan fingerprint density at radius 3 is 1.38 bits per heavy atom. The van der Waals surface area contributed by atoms with Crippen LogP contribution in [0.5, 0.6) is 5.75 Å². The lowest BCUT2D eigenvalue weighted by Gasteiger charge is -2.24. The smallest absolute Gasteiger partial charge is 0.122 e. The van der Waals surface area contributed by atoms with Crippen LogP contribution in [-0.4, -0.2) is 5.11 Å². The molecule has 1 rings (SSSR count). The molecule has 0 aliphatic rings. The van der Waals surface area contributed by atoms with Crippen molar-refractivity contribution in [3.05, 3.63) is 28.3 Å². The van der Waals surface area contributed by atoms with Crippen LogP contribution in [-0.2, 0) is 11.8 Å². The summed E-state index contributed by atoms with van der Waals surface area (Å²) in [4.78, 5) is 0. The highest BCUT2D eigenvalue weighted by Gasteiger charge is 2.21. The van der Waals surface area contributed by atoms with Gasteiger partial charge in [-0.1, -0.05) is 136 Å². The van der Waals surface area contributed by atoms with Crippen LogP contribution in [0.2, 0.25) is 0 Å². The largest absolute Gasteiger partial charge is 0.507 e. The summed E-state index contributed by atoms with van der Waals surface area (Å²) < 4.78 is 0. The van der Waals surface area contributed by atoms with Gasteiger partial charge in [0.2, 0.25) is 0 Å². The van der Waals surface area contributed by atoms with E-state index in [9.17, 15) is 5.11 Å². The molecule has 1 aromatic rings. The van der Waals surface area contributed by atoms with E-state index >= 15 is 0 Å². The van der Waals surface area contributed by atoms with E-state index in [0.29, 0.717) is 5.75 Å². The molecule has 1 aromatic carbocycles. The maximum absolute atomic E-state index is 10.7. The zero-order chi connectivity index (χ0) is 23.8. The van der Waals surface area contributed by atoms with Crippen molar-refractivity contribution in [2.24, 2.45) is 0 Å². The molecule has 1 N–H and O–H groups in total. The summed E-state index contributed by atoms with van der Waals surface area (Å²) in [5.41, 5.74) is 4.90. The van der Waals surface area contributed by atoms with E-state index in [2.05, 4.69) is 47.6 Å². The molecule has 0 aliphatic heterocycles. The van der Waals surface area contributed by atoms with Crippen molar-refractivity contribution >= 4 is 0 Å². The van der Waals surface area contributed by atoms with Gasteiger partial charge in [-0.2, -0.15) is 0 Å².